The second-order valence-electron chi connectivity index (χ2n) is 6.34. The van der Waals surface area contributed by atoms with Gasteiger partial charge >= 0.3 is 6.18 Å². The van der Waals surface area contributed by atoms with Gasteiger partial charge in [-0.15, -0.1) is 12.4 Å². The van der Waals surface area contributed by atoms with Crippen LogP contribution < -0.4 is 10.6 Å². The summed E-state index contributed by atoms with van der Waals surface area (Å²) < 4.78 is 38.3. The Bertz CT molecular complexity index is 1050. The number of rotatable bonds is 6. The second-order valence-corrected chi connectivity index (χ2v) is 6.34. The highest BCUT2D eigenvalue weighted by Crippen LogP contribution is 2.29. The Morgan fingerprint density at radius 2 is 1.32 bits per heavy atom. The summed E-state index contributed by atoms with van der Waals surface area (Å²) in [7, 11) is 0. The third kappa shape index (κ3) is 6.78. The molecule has 1 aromatic heterocycles. The minimum Gasteiger partial charge on any atom is -0.347 e. The third-order valence-electron chi connectivity index (χ3n) is 4.14. The number of nitrogens with zero attached hydrogens (tertiary/aromatic N) is 2. The summed E-state index contributed by atoms with van der Waals surface area (Å²) in [6.07, 6.45) is -3.38. The lowest BCUT2D eigenvalue weighted by molar-refractivity contribution is -0.137. The van der Waals surface area contributed by atoms with Crippen LogP contribution >= 0.6 is 12.4 Å². The van der Waals surface area contributed by atoms with Gasteiger partial charge < -0.3 is 10.6 Å². The largest absolute Gasteiger partial charge is 0.416 e. The number of amides is 2. The molecule has 0 aliphatic heterocycles. The first kappa shape index (κ1) is 23.8. The Balaban J connectivity index is 0.00000341. The van der Waals surface area contributed by atoms with Crippen molar-refractivity contribution < 1.29 is 22.8 Å². The number of carbonyl (C=O) groups is 2. The molecule has 3 aromatic rings. The predicted octanol–water partition coefficient (Wildman–Crippen LogP) is 3.78. The van der Waals surface area contributed by atoms with E-state index in [0.717, 1.165) is 24.0 Å². The molecule has 162 valence electrons. The molecular weight excluding hydrogens is 433 g/mol. The molecule has 0 unspecified atom stereocenters. The Morgan fingerprint density at radius 1 is 0.774 bits per heavy atom. The summed E-state index contributed by atoms with van der Waals surface area (Å²) in [5.41, 5.74) is 0.327. The molecule has 0 spiro atoms. The van der Waals surface area contributed by atoms with Gasteiger partial charge in [-0.25, -0.2) is 9.97 Å². The van der Waals surface area contributed by atoms with E-state index in [0.29, 0.717) is 6.54 Å². The van der Waals surface area contributed by atoms with Gasteiger partial charge in [0.15, 0.2) is 0 Å². The Labute approximate surface area is 182 Å². The van der Waals surface area contributed by atoms with E-state index in [9.17, 15) is 22.8 Å². The summed E-state index contributed by atoms with van der Waals surface area (Å²) in [6, 6.07) is 15.1. The maximum absolute atomic E-state index is 12.8. The van der Waals surface area contributed by atoms with Crippen molar-refractivity contribution in [3.05, 3.63) is 95.1 Å². The maximum Gasteiger partial charge on any atom is 0.416 e. The highest BCUT2D eigenvalue weighted by molar-refractivity contribution is 5.97. The Hall–Kier alpha value is -3.46. The number of alkyl halides is 3. The zero-order valence-electron chi connectivity index (χ0n) is 16.0. The lowest BCUT2D eigenvalue weighted by Crippen LogP contribution is -2.27. The zero-order chi connectivity index (χ0) is 21.6. The van der Waals surface area contributed by atoms with Gasteiger partial charge in [-0.2, -0.15) is 13.2 Å². The highest BCUT2D eigenvalue weighted by atomic mass is 35.5. The van der Waals surface area contributed by atoms with Crippen molar-refractivity contribution in [2.45, 2.75) is 19.3 Å². The normalized spacial score (nSPS) is 10.7. The van der Waals surface area contributed by atoms with Gasteiger partial charge in [0.2, 0.25) is 0 Å². The van der Waals surface area contributed by atoms with E-state index >= 15 is 0 Å². The quantitative estimate of drug-likeness (QED) is 0.598. The van der Waals surface area contributed by atoms with E-state index in [1.807, 2.05) is 30.3 Å². The highest BCUT2D eigenvalue weighted by Gasteiger charge is 2.30. The number of halogens is 4. The molecule has 3 rings (SSSR count). The van der Waals surface area contributed by atoms with Crippen LogP contribution in [0.15, 0.2) is 67.0 Å². The topological polar surface area (TPSA) is 84.0 Å². The fraction of sp³-hybridized carbons (Fsp3) is 0.143. The first-order valence-electron chi connectivity index (χ1n) is 8.91. The molecule has 31 heavy (non-hydrogen) atoms. The van der Waals surface area contributed by atoms with E-state index in [2.05, 4.69) is 20.6 Å². The molecule has 0 saturated heterocycles. The van der Waals surface area contributed by atoms with Crippen molar-refractivity contribution in [1.29, 1.82) is 0 Å². The number of hydrogen-bond donors (Lipinski definition) is 2. The van der Waals surface area contributed by atoms with Crippen LogP contribution in [0.4, 0.5) is 13.2 Å². The standard InChI is InChI=1S/C21H17F3N4O2.ClH/c22-21(23,24)16-8-4-7-15(9-16)12-26-20(30)18-10-17(27-13-28-18)19(29)25-11-14-5-2-1-3-6-14;/h1-10,13H,11-12H2,(H,25,29)(H,26,30);1H. The van der Waals surface area contributed by atoms with Crippen LogP contribution in [-0.4, -0.2) is 21.8 Å². The van der Waals surface area contributed by atoms with Gasteiger partial charge in [-0.3, -0.25) is 9.59 Å². The first-order valence-corrected chi connectivity index (χ1v) is 8.91. The molecule has 2 N–H and O–H groups in total. The summed E-state index contributed by atoms with van der Waals surface area (Å²) in [4.78, 5) is 32.3. The molecule has 2 amide bonds. The molecule has 0 atom stereocenters. The average molecular weight is 451 g/mol. The minimum absolute atomic E-state index is 0. The van der Waals surface area contributed by atoms with Crippen LogP contribution in [0, 0.1) is 0 Å². The third-order valence-corrected chi connectivity index (χ3v) is 4.14. The van der Waals surface area contributed by atoms with Crippen LogP contribution in [0.25, 0.3) is 0 Å². The van der Waals surface area contributed by atoms with Gasteiger partial charge in [-0.05, 0) is 23.3 Å². The van der Waals surface area contributed by atoms with Crippen LogP contribution in [0.1, 0.15) is 37.7 Å². The minimum atomic E-state index is -4.46. The van der Waals surface area contributed by atoms with E-state index in [1.54, 1.807) is 0 Å². The monoisotopic (exact) mass is 450 g/mol. The van der Waals surface area contributed by atoms with Crippen molar-refractivity contribution in [2.75, 3.05) is 0 Å². The molecule has 0 aliphatic rings. The molecule has 0 aliphatic carbocycles. The van der Waals surface area contributed by atoms with Crippen molar-refractivity contribution in [3.8, 4) is 0 Å². The van der Waals surface area contributed by atoms with Crippen molar-refractivity contribution in [3.63, 3.8) is 0 Å². The molecule has 0 fully saturated rings. The van der Waals surface area contributed by atoms with E-state index < -0.39 is 23.6 Å². The predicted molar refractivity (Wildman–Crippen MR) is 110 cm³/mol. The SMILES string of the molecule is Cl.O=C(NCc1ccccc1)c1cc(C(=O)NCc2cccc(C(F)(F)F)c2)ncn1. The number of hydrogen-bond acceptors (Lipinski definition) is 4. The maximum atomic E-state index is 12.8. The van der Waals surface area contributed by atoms with Crippen LogP contribution in [0.2, 0.25) is 0 Å². The van der Waals surface area contributed by atoms with E-state index in [4.69, 9.17) is 0 Å². The van der Waals surface area contributed by atoms with Gasteiger partial charge in [0.1, 0.15) is 17.7 Å². The fourth-order valence-corrected chi connectivity index (χ4v) is 2.60. The molecule has 10 heteroatoms. The summed E-state index contributed by atoms with van der Waals surface area (Å²) >= 11 is 0. The Kier molecular flexibility index (Phi) is 8.09. The lowest BCUT2D eigenvalue weighted by atomic mass is 10.1. The molecule has 1 heterocycles. The van der Waals surface area contributed by atoms with Crippen molar-refractivity contribution >= 4 is 24.2 Å². The molecule has 2 aromatic carbocycles. The molecule has 0 saturated carbocycles. The van der Waals surface area contributed by atoms with Crippen molar-refractivity contribution in [2.24, 2.45) is 0 Å². The number of aromatic nitrogens is 2. The number of benzene rings is 2. The molecular formula is C21H18ClF3N4O2. The number of carbonyl (C=O) groups excluding carboxylic acids is 2. The second kappa shape index (κ2) is 10.5. The first-order chi connectivity index (χ1) is 14.3. The van der Waals surface area contributed by atoms with Crippen LogP contribution in [0.5, 0.6) is 0 Å². The summed E-state index contributed by atoms with van der Waals surface area (Å²) in [6.45, 7) is 0.170. The smallest absolute Gasteiger partial charge is 0.347 e. The molecule has 0 bridgehead atoms. The zero-order valence-corrected chi connectivity index (χ0v) is 16.8. The Morgan fingerprint density at radius 3 is 1.90 bits per heavy atom. The molecule has 6 nitrogen and oxygen atoms in total. The number of nitrogens with one attached hydrogen (secondary N) is 2. The van der Waals surface area contributed by atoms with Crippen LogP contribution in [-0.2, 0) is 19.3 Å². The van der Waals surface area contributed by atoms with E-state index in [-0.39, 0.29) is 35.9 Å². The summed E-state index contributed by atoms with van der Waals surface area (Å²) in [5, 5.41) is 5.18. The lowest BCUT2D eigenvalue weighted by Gasteiger charge is -2.10. The van der Waals surface area contributed by atoms with E-state index in [1.165, 1.54) is 18.2 Å². The average Bonchev–Trinajstić information content (AvgIpc) is 2.76. The van der Waals surface area contributed by atoms with Crippen LogP contribution in [0.3, 0.4) is 0 Å². The van der Waals surface area contributed by atoms with Gasteiger partial charge in [0.25, 0.3) is 11.8 Å². The van der Waals surface area contributed by atoms with Gasteiger partial charge in [-0.1, -0.05) is 42.5 Å². The van der Waals surface area contributed by atoms with Gasteiger partial charge in [0.05, 0.1) is 5.56 Å². The fourth-order valence-electron chi connectivity index (χ4n) is 2.60. The van der Waals surface area contributed by atoms with Crippen molar-refractivity contribution in [1.82, 2.24) is 20.6 Å². The van der Waals surface area contributed by atoms with Gasteiger partial charge in [0, 0.05) is 19.2 Å². The molecule has 0 radical (unpaired) electrons. The summed E-state index contributed by atoms with van der Waals surface area (Å²) in [5.74, 6) is -1.11.